The van der Waals surface area contributed by atoms with Crippen LogP contribution in [0.5, 0.6) is 0 Å². The molecule has 1 unspecified atom stereocenters. The van der Waals surface area contributed by atoms with Crippen molar-refractivity contribution >= 4 is 21.4 Å². The molecule has 1 aliphatic rings. The average Bonchev–Trinajstić information content (AvgIpc) is 2.82. The molecule has 0 saturated carbocycles. The van der Waals surface area contributed by atoms with Gasteiger partial charge in [0.1, 0.15) is 0 Å². The number of fused-ring (bicyclic) bond motifs is 3. The lowest BCUT2D eigenvalue weighted by Gasteiger charge is -2.07. The van der Waals surface area contributed by atoms with E-state index in [1.807, 2.05) is 11.3 Å². The van der Waals surface area contributed by atoms with E-state index in [9.17, 15) is 0 Å². The van der Waals surface area contributed by atoms with Crippen LogP contribution in [-0.4, -0.2) is 6.54 Å². The Morgan fingerprint density at radius 1 is 1.36 bits per heavy atom. The minimum absolute atomic E-state index is 0.608. The second-order valence-electron chi connectivity index (χ2n) is 3.94. The van der Waals surface area contributed by atoms with Crippen molar-refractivity contribution in [1.29, 1.82) is 0 Å². The van der Waals surface area contributed by atoms with Crippen LogP contribution in [0.1, 0.15) is 23.5 Å². The molecule has 0 amide bonds. The van der Waals surface area contributed by atoms with Gasteiger partial charge in [-0.2, -0.15) is 0 Å². The molecule has 1 aromatic carbocycles. The largest absolute Gasteiger partial charge is 0.330 e. The molecule has 0 fully saturated rings. The molecule has 0 saturated heterocycles. The molecule has 72 valence electrons. The Labute approximate surface area is 87.5 Å². The number of aryl methyl sites for hydroxylation is 1. The first-order valence-electron chi connectivity index (χ1n) is 5.09. The van der Waals surface area contributed by atoms with Gasteiger partial charge in [0.05, 0.1) is 0 Å². The summed E-state index contributed by atoms with van der Waals surface area (Å²) < 4.78 is 1.48. The Bertz CT molecular complexity index is 472. The highest BCUT2D eigenvalue weighted by atomic mass is 32.1. The predicted octanol–water partition coefficient (Wildman–Crippen LogP) is 2.89. The van der Waals surface area contributed by atoms with E-state index in [0.717, 1.165) is 6.54 Å². The molecule has 0 spiro atoms. The third kappa shape index (κ3) is 1.04. The van der Waals surface area contributed by atoms with Gasteiger partial charge in [-0.3, -0.25) is 0 Å². The highest BCUT2D eigenvalue weighted by Crippen LogP contribution is 2.38. The van der Waals surface area contributed by atoms with Crippen LogP contribution >= 0.6 is 11.3 Å². The molecule has 1 heterocycles. The van der Waals surface area contributed by atoms with Crippen LogP contribution in [0, 0.1) is 0 Å². The Morgan fingerprint density at radius 2 is 2.29 bits per heavy atom. The highest BCUT2D eigenvalue weighted by molar-refractivity contribution is 7.17. The normalized spacial score (nSPS) is 20.2. The van der Waals surface area contributed by atoms with Gasteiger partial charge in [0.2, 0.25) is 0 Å². The molecular weight excluding hydrogens is 190 g/mol. The summed E-state index contributed by atoms with van der Waals surface area (Å²) in [4.78, 5) is 0. The Hall–Kier alpha value is -0.860. The van der Waals surface area contributed by atoms with Gasteiger partial charge in [0, 0.05) is 4.70 Å². The summed E-state index contributed by atoms with van der Waals surface area (Å²) in [5.41, 5.74) is 8.84. The average molecular weight is 203 g/mol. The second-order valence-corrected chi connectivity index (χ2v) is 4.86. The van der Waals surface area contributed by atoms with Gasteiger partial charge in [-0.05, 0) is 53.3 Å². The van der Waals surface area contributed by atoms with Gasteiger partial charge in [0.25, 0.3) is 0 Å². The van der Waals surface area contributed by atoms with Crippen LogP contribution in [0.2, 0.25) is 0 Å². The third-order valence-electron chi connectivity index (χ3n) is 3.23. The van der Waals surface area contributed by atoms with E-state index in [4.69, 9.17) is 5.73 Å². The number of nitrogens with two attached hydrogens (primary N) is 1. The van der Waals surface area contributed by atoms with Crippen LogP contribution in [0.15, 0.2) is 23.6 Å². The molecule has 0 bridgehead atoms. The monoisotopic (exact) mass is 203 g/mol. The van der Waals surface area contributed by atoms with Gasteiger partial charge in [-0.15, -0.1) is 11.3 Å². The maximum atomic E-state index is 5.77. The van der Waals surface area contributed by atoms with Gasteiger partial charge in [-0.1, -0.05) is 12.1 Å². The minimum atomic E-state index is 0.608. The SMILES string of the molecule is NCC1CCc2c1ccc1ccsc21. The number of benzene rings is 1. The van der Waals surface area contributed by atoms with E-state index < -0.39 is 0 Å². The summed E-state index contributed by atoms with van der Waals surface area (Å²) >= 11 is 1.86. The fourth-order valence-corrected chi connectivity index (χ4v) is 3.45. The third-order valence-corrected chi connectivity index (χ3v) is 4.22. The quantitative estimate of drug-likeness (QED) is 0.757. The Morgan fingerprint density at radius 3 is 3.14 bits per heavy atom. The van der Waals surface area contributed by atoms with Crippen LogP contribution in [0.4, 0.5) is 0 Å². The van der Waals surface area contributed by atoms with E-state index in [1.54, 1.807) is 5.56 Å². The zero-order valence-corrected chi connectivity index (χ0v) is 8.81. The highest BCUT2D eigenvalue weighted by Gasteiger charge is 2.22. The fraction of sp³-hybridized carbons (Fsp3) is 0.333. The molecule has 2 heteroatoms. The first kappa shape index (κ1) is 8.45. The fourth-order valence-electron chi connectivity index (χ4n) is 2.47. The Kier molecular flexibility index (Phi) is 1.85. The summed E-state index contributed by atoms with van der Waals surface area (Å²) in [6.45, 7) is 0.796. The lowest BCUT2D eigenvalue weighted by molar-refractivity contribution is 0.688. The van der Waals surface area contributed by atoms with Crippen molar-refractivity contribution in [2.45, 2.75) is 18.8 Å². The molecule has 0 aliphatic heterocycles. The molecule has 2 N–H and O–H groups in total. The van der Waals surface area contributed by atoms with Gasteiger partial charge < -0.3 is 5.73 Å². The van der Waals surface area contributed by atoms with E-state index in [0.29, 0.717) is 5.92 Å². The standard InChI is InChI=1S/C12H13NS/c13-7-9-2-4-11-10(9)3-1-8-5-6-14-12(8)11/h1,3,5-6,9H,2,4,7,13H2. The zero-order valence-electron chi connectivity index (χ0n) is 7.99. The maximum absolute atomic E-state index is 5.77. The second kappa shape index (κ2) is 3.07. The lowest BCUT2D eigenvalue weighted by Crippen LogP contribution is -2.08. The first-order valence-corrected chi connectivity index (χ1v) is 5.97. The van der Waals surface area contributed by atoms with Crippen molar-refractivity contribution in [3.8, 4) is 0 Å². The summed E-state index contributed by atoms with van der Waals surface area (Å²) in [6.07, 6.45) is 2.46. The molecule has 14 heavy (non-hydrogen) atoms. The van der Waals surface area contributed by atoms with E-state index in [1.165, 1.54) is 28.5 Å². The zero-order chi connectivity index (χ0) is 9.54. The van der Waals surface area contributed by atoms with Crippen molar-refractivity contribution in [1.82, 2.24) is 0 Å². The molecule has 1 nitrogen and oxygen atoms in total. The minimum Gasteiger partial charge on any atom is -0.330 e. The van der Waals surface area contributed by atoms with Crippen LogP contribution in [0.25, 0.3) is 10.1 Å². The van der Waals surface area contributed by atoms with E-state index in [2.05, 4.69) is 23.6 Å². The van der Waals surface area contributed by atoms with Crippen molar-refractivity contribution in [3.05, 3.63) is 34.7 Å². The topological polar surface area (TPSA) is 26.0 Å². The lowest BCUT2D eigenvalue weighted by atomic mass is 10.0. The van der Waals surface area contributed by atoms with Crippen LogP contribution in [-0.2, 0) is 6.42 Å². The van der Waals surface area contributed by atoms with E-state index in [-0.39, 0.29) is 0 Å². The molecule has 3 rings (SSSR count). The van der Waals surface area contributed by atoms with E-state index >= 15 is 0 Å². The Balaban J connectivity index is 2.27. The molecule has 1 aromatic heterocycles. The predicted molar refractivity (Wildman–Crippen MR) is 61.9 cm³/mol. The van der Waals surface area contributed by atoms with Crippen LogP contribution in [0.3, 0.4) is 0 Å². The van der Waals surface area contributed by atoms with Crippen molar-refractivity contribution in [3.63, 3.8) is 0 Å². The number of hydrogen-bond donors (Lipinski definition) is 1. The van der Waals surface area contributed by atoms with Gasteiger partial charge in [0.15, 0.2) is 0 Å². The number of hydrogen-bond acceptors (Lipinski definition) is 2. The van der Waals surface area contributed by atoms with Crippen molar-refractivity contribution < 1.29 is 0 Å². The van der Waals surface area contributed by atoms with Crippen LogP contribution < -0.4 is 5.73 Å². The summed E-state index contributed by atoms with van der Waals surface area (Å²) in [5, 5.41) is 3.58. The summed E-state index contributed by atoms with van der Waals surface area (Å²) in [5.74, 6) is 0.608. The number of rotatable bonds is 1. The van der Waals surface area contributed by atoms with Gasteiger partial charge in [-0.25, -0.2) is 0 Å². The maximum Gasteiger partial charge on any atom is 0.0377 e. The molecule has 2 aromatic rings. The summed E-state index contributed by atoms with van der Waals surface area (Å²) in [7, 11) is 0. The molecular formula is C12H13NS. The molecule has 1 atom stereocenters. The van der Waals surface area contributed by atoms with Crippen molar-refractivity contribution in [2.75, 3.05) is 6.54 Å². The summed E-state index contributed by atoms with van der Waals surface area (Å²) in [6, 6.07) is 6.71. The first-order chi connectivity index (χ1) is 6.90. The number of thiophene rings is 1. The smallest absolute Gasteiger partial charge is 0.0377 e. The van der Waals surface area contributed by atoms with Gasteiger partial charge >= 0.3 is 0 Å². The molecule has 0 radical (unpaired) electrons. The van der Waals surface area contributed by atoms with Crippen molar-refractivity contribution in [2.24, 2.45) is 5.73 Å². The molecule has 1 aliphatic carbocycles.